The summed E-state index contributed by atoms with van der Waals surface area (Å²) in [5.74, 6) is 0.218. The van der Waals surface area contributed by atoms with E-state index >= 15 is 0 Å². The molecule has 0 radical (unpaired) electrons. The van der Waals surface area contributed by atoms with E-state index in [-0.39, 0.29) is 28.9 Å². The third-order valence-corrected chi connectivity index (χ3v) is 4.45. The van der Waals surface area contributed by atoms with Crippen LogP contribution < -0.4 is 4.72 Å². The molecule has 0 fully saturated rings. The lowest BCUT2D eigenvalue weighted by molar-refractivity contribution is 0.280. The molecule has 0 spiro atoms. The Morgan fingerprint density at radius 3 is 2.80 bits per heavy atom. The van der Waals surface area contributed by atoms with Gasteiger partial charge in [-0.25, -0.2) is 13.1 Å². The van der Waals surface area contributed by atoms with Crippen LogP contribution in [-0.4, -0.2) is 34.1 Å². The van der Waals surface area contributed by atoms with Gasteiger partial charge in [0.05, 0.1) is 18.0 Å². The van der Waals surface area contributed by atoms with Gasteiger partial charge in [-0.1, -0.05) is 16.8 Å². The maximum atomic E-state index is 12.2. The number of halogens is 1. The van der Waals surface area contributed by atoms with Gasteiger partial charge in [-0.3, -0.25) is 0 Å². The van der Waals surface area contributed by atoms with Crippen LogP contribution in [0.1, 0.15) is 17.0 Å². The number of sulfonamides is 1. The van der Waals surface area contributed by atoms with E-state index in [1.165, 1.54) is 12.1 Å². The quantitative estimate of drug-likeness (QED) is 0.721. The fourth-order valence-electron chi connectivity index (χ4n) is 1.65. The van der Waals surface area contributed by atoms with Gasteiger partial charge in [0.15, 0.2) is 5.82 Å². The van der Waals surface area contributed by atoms with Gasteiger partial charge in [0.25, 0.3) is 0 Å². The Labute approximate surface area is 120 Å². The smallest absolute Gasteiger partial charge is 0.241 e. The maximum absolute atomic E-state index is 12.2. The molecule has 108 valence electrons. The fourth-order valence-corrected chi connectivity index (χ4v) is 3.24. The Morgan fingerprint density at radius 1 is 1.45 bits per heavy atom. The van der Waals surface area contributed by atoms with Crippen molar-refractivity contribution in [2.24, 2.45) is 0 Å². The van der Waals surface area contributed by atoms with E-state index in [0.717, 1.165) is 0 Å². The predicted octanol–water partition coefficient (Wildman–Crippen LogP) is 0.132. The lowest BCUT2D eigenvalue weighted by Gasteiger charge is -2.11. The first kappa shape index (κ1) is 14.9. The molecular formula is C10H12ClN5O3S. The zero-order valence-electron chi connectivity index (χ0n) is 10.5. The highest BCUT2D eigenvalue weighted by Crippen LogP contribution is 2.24. The van der Waals surface area contributed by atoms with Crippen molar-refractivity contribution in [3.63, 3.8) is 0 Å². The molecule has 0 aliphatic heterocycles. The molecule has 0 atom stereocenters. The van der Waals surface area contributed by atoms with Crippen molar-refractivity contribution in [3.8, 4) is 0 Å². The van der Waals surface area contributed by atoms with Crippen LogP contribution in [0.5, 0.6) is 0 Å². The second-order valence-corrected chi connectivity index (χ2v) is 6.17. The first-order valence-electron chi connectivity index (χ1n) is 5.56. The molecule has 8 nitrogen and oxygen atoms in total. The number of aromatic nitrogens is 4. The fraction of sp³-hybridized carbons (Fsp3) is 0.300. The van der Waals surface area contributed by atoms with E-state index in [2.05, 4.69) is 25.3 Å². The topological polar surface area (TPSA) is 121 Å². The molecule has 0 saturated heterocycles. The third-order valence-electron chi connectivity index (χ3n) is 2.70. The van der Waals surface area contributed by atoms with Crippen LogP contribution in [0.2, 0.25) is 5.02 Å². The zero-order chi connectivity index (χ0) is 14.8. The summed E-state index contributed by atoms with van der Waals surface area (Å²) < 4.78 is 26.8. The van der Waals surface area contributed by atoms with E-state index in [9.17, 15) is 13.5 Å². The molecule has 0 bridgehead atoms. The minimum atomic E-state index is -3.79. The minimum absolute atomic E-state index is 0.0116. The lowest BCUT2D eigenvalue weighted by Crippen LogP contribution is -2.25. The molecule has 0 amide bonds. The molecule has 0 aliphatic carbocycles. The van der Waals surface area contributed by atoms with Crippen LogP contribution in [-0.2, 0) is 23.2 Å². The summed E-state index contributed by atoms with van der Waals surface area (Å²) in [6.07, 6.45) is 0. The second kappa shape index (κ2) is 5.83. The number of aliphatic hydroxyl groups excluding tert-OH is 1. The Kier molecular flexibility index (Phi) is 4.33. The number of nitrogens with zero attached hydrogens (tertiary/aromatic N) is 3. The van der Waals surface area contributed by atoms with Crippen molar-refractivity contribution in [2.75, 3.05) is 0 Å². The molecular weight excluding hydrogens is 306 g/mol. The third kappa shape index (κ3) is 3.12. The highest BCUT2D eigenvalue weighted by atomic mass is 35.5. The predicted molar refractivity (Wildman–Crippen MR) is 70.3 cm³/mol. The summed E-state index contributed by atoms with van der Waals surface area (Å²) in [6, 6.07) is 2.85. The highest BCUT2D eigenvalue weighted by molar-refractivity contribution is 7.89. The molecule has 2 rings (SSSR count). The van der Waals surface area contributed by atoms with Gasteiger partial charge in [-0.15, -0.1) is 10.2 Å². The van der Waals surface area contributed by atoms with E-state index < -0.39 is 10.0 Å². The molecule has 1 heterocycles. The van der Waals surface area contributed by atoms with Gasteiger partial charge in [0, 0.05) is 5.02 Å². The van der Waals surface area contributed by atoms with Gasteiger partial charge in [-0.2, -0.15) is 5.21 Å². The van der Waals surface area contributed by atoms with Crippen LogP contribution in [0, 0.1) is 6.92 Å². The van der Waals surface area contributed by atoms with Crippen LogP contribution in [0.3, 0.4) is 0 Å². The molecule has 1 aromatic carbocycles. The molecule has 10 heteroatoms. The van der Waals surface area contributed by atoms with Gasteiger partial charge in [0.1, 0.15) is 0 Å². The molecule has 0 unspecified atom stereocenters. The standard InChI is InChI=1S/C10H12ClN5O3S/c1-6-7(5-17)2-8(11)3-9(6)20(18,19)12-4-10-13-15-16-14-10/h2-3,12,17H,4-5H2,1H3,(H,13,14,15,16). The van der Waals surface area contributed by atoms with Crippen LogP contribution in [0.15, 0.2) is 17.0 Å². The lowest BCUT2D eigenvalue weighted by atomic mass is 10.1. The molecule has 1 aromatic heterocycles. The van der Waals surface area contributed by atoms with E-state index in [1.54, 1.807) is 6.92 Å². The van der Waals surface area contributed by atoms with Gasteiger partial charge < -0.3 is 5.11 Å². The Hall–Kier alpha value is -1.55. The molecule has 0 aliphatic rings. The van der Waals surface area contributed by atoms with Gasteiger partial charge >= 0.3 is 0 Å². The summed E-state index contributed by atoms with van der Waals surface area (Å²) in [6.45, 7) is 1.21. The van der Waals surface area contributed by atoms with Crippen LogP contribution in [0.25, 0.3) is 0 Å². The van der Waals surface area contributed by atoms with Gasteiger partial charge in [0.2, 0.25) is 10.0 Å². The number of H-pyrrole nitrogens is 1. The minimum Gasteiger partial charge on any atom is -0.392 e. The number of nitrogens with one attached hydrogen (secondary N) is 2. The number of rotatable bonds is 5. The molecule has 0 saturated carbocycles. The van der Waals surface area contributed by atoms with E-state index in [4.69, 9.17) is 11.6 Å². The van der Waals surface area contributed by atoms with Crippen molar-refractivity contribution < 1.29 is 13.5 Å². The van der Waals surface area contributed by atoms with Gasteiger partial charge in [-0.05, 0) is 30.2 Å². The van der Waals surface area contributed by atoms with Crippen LogP contribution in [0.4, 0.5) is 0 Å². The first-order valence-corrected chi connectivity index (χ1v) is 7.42. The monoisotopic (exact) mass is 317 g/mol. The van der Waals surface area contributed by atoms with Crippen molar-refractivity contribution in [1.29, 1.82) is 0 Å². The van der Waals surface area contributed by atoms with E-state index in [1.807, 2.05) is 0 Å². The summed E-state index contributed by atoms with van der Waals surface area (Å²) in [4.78, 5) is 0.0116. The Balaban J connectivity index is 2.31. The summed E-state index contributed by atoms with van der Waals surface area (Å²) in [5, 5.41) is 22.3. The normalized spacial score (nSPS) is 11.8. The summed E-state index contributed by atoms with van der Waals surface area (Å²) in [5.41, 5.74) is 0.898. The number of benzene rings is 1. The maximum Gasteiger partial charge on any atom is 0.241 e. The molecule has 20 heavy (non-hydrogen) atoms. The average Bonchev–Trinajstić information content (AvgIpc) is 2.92. The number of aliphatic hydroxyl groups is 1. The van der Waals surface area contributed by atoms with E-state index in [0.29, 0.717) is 11.1 Å². The number of aromatic amines is 1. The van der Waals surface area contributed by atoms with Crippen molar-refractivity contribution in [1.82, 2.24) is 25.3 Å². The van der Waals surface area contributed by atoms with Crippen molar-refractivity contribution in [3.05, 3.63) is 34.1 Å². The van der Waals surface area contributed by atoms with Crippen LogP contribution >= 0.6 is 11.6 Å². The highest BCUT2D eigenvalue weighted by Gasteiger charge is 2.20. The number of tetrazole rings is 1. The second-order valence-electron chi connectivity index (χ2n) is 4.00. The SMILES string of the molecule is Cc1c(CO)cc(Cl)cc1S(=O)(=O)NCc1nn[nH]n1. The van der Waals surface area contributed by atoms with Crippen molar-refractivity contribution in [2.45, 2.75) is 25.0 Å². The number of hydrogen-bond donors (Lipinski definition) is 3. The molecule has 2 aromatic rings. The molecule has 3 N–H and O–H groups in total. The Bertz CT molecular complexity index is 702. The zero-order valence-corrected chi connectivity index (χ0v) is 12.0. The largest absolute Gasteiger partial charge is 0.392 e. The average molecular weight is 318 g/mol. The Morgan fingerprint density at radius 2 is 2.20 bits per heavy atom. The summed E-state index contributed by atoms with van der Waals surface area (Å²) >= 11 is 5.86. The van der Waals surface area contributed by atoms with Crippen molar-refractivity contribution >= 4 is 21.6 Å². The number of hydrogen-bond acceptors (Lipinski definition) is 6. The first-order chi connectivity index (χ1) is 9.44. The summed E-state index contributed by atoms with van der Waals surface area (Å²) in [7, 11) is -3.79.